The lowest BCUT2D eigenvalue weighted by Crippen LogP contribution is -2.29. The SMILES string of the molecule is COC(=O)CCNC(=O)CC(C)CN. The average molecular weight is 202 g/mol. The highest BCUT2D eigenvalue weighted by molar-refractivity contribution is 5.77. The molecule has 0 aromatic heterocycles. The predicted molar refractivity (Wildman–Crippen MR) is 52.5 cm³/mol. The van der Waals surface area contributed by atoms with Gasteiger partial charge in [-0.3, -0.25) is 9.59 Å². The minimum Gasteiger partial charge on any atom is -0.469 e. The monoisotopic (exact) mass is 202 g/mol. The zero-order valence-corrected chi connectivity index (χ0v) is 8.71. The minimum absolute atomic E-state index is 0.0770. The zero-order valence-electron chi connectivity index (χ0n) is 8.71. The Bertz CT molecular complexity index is 194. The summed E-state index contributed by atoms with van der Waals surface area (Å²) in [6, 6.07) is 0. The number of methoxy groups -OCH3 is 1. The molecular formula is C9H18N2O3. The molecule has 0 aliphatic carbocycles. The van der Waals surface area contributed by atoms with Crippen LogP contribution in [-0.4, -0.2) is 32.1 Å². The van der Waals surface area contributed by atoms with Gasteiger partial charge in [0.2, 0.25) is 5.91 Å². The van der Waals surface area contributed by atoms with E-state index in [9.17, 15) is 9.59 Å². The lowest BCUT2D eigenvalue weighted by molar-refractivity contribution is -0.140. The van der Waals surface area contributed by atoms with Crippen LogP contribution in [0.5, 0.6) is 0 Å². The molecule has 82 valence electrons. The number of nitrogens with one attached hydrogen (secondary N) is 1. The van der Waals surface area contributed by atoms with Crippen molar-refractivity contribution in [3.8, 4) is 0 Å². The second-order valence-corrected chi connectivity index (χ2v) is 3.22. The maximum Gasteiger partial charge on any atom is 0.307 e. The van der Waals surface area contributed by atoms with E-state index in [0.717, 1.165) is 0 Å². The second-order valence-electron chi connectivity index (χ2n) is 3.22. The molecule has 0 saturated heterocycles. The Balaban J connectivity index is 3.49. The summed E-state index contributed by atoms with van der Waals surface area (Å²) in [5.74, 6) is -0.225. The molecule has 0 radical (unpaired) electrons. The Labute approximate surface area is 84.0 Å². The van der Waals surface area contributed by atoms with E-state index in [4.69, 9.17) is 5.73 Å². The van der Waals surface area contributed by atoms with E-state index in [1.54, 1.807) is 0 Å². The lowest BCUT2D eigenvalue weighted by Gasteiger charge is -2.08. The van der Waals surface area contributed by atoms with Gasteiger partial charge in [-0.2, -0.15) is 0 Å². The van der Waals surface area contributed by atoms with Gasteiger partial charge in [0.15, 0.2) is 0 Å². The van der Waals surface area contributed by atoms with E-state index in [1.807, 2.05) is 6.92 Å². The van der Waals surface area contributed by atoms with Crippen molar-refractivity contribution in [1.29, 1.82) is 0 Å². The van der Waals surface area contributed by atoms with E-state index in [1.165, 1.54) is 7.11 Å². The summed E-state index contributed by atoms with van der Waals surface area (Å²) in [6.45, 7) is 2.72. The van der Waals surface area contributed by atoms with Gasteiger partial charge in [-0.25, -0.2) is 0 Å². The summed E-state index contributed by atoms with van der Waals surface area (Å²) < 4.78 is 4.42. The molecule has 1 unspecified atom stereocenters. The van der Waals surface area contributed by atoms with Crippen LogP contribution in [0.1, 0.15) is 19.8 Å². The molecule has 1 atom stereocenters. The van der Waals surface area contributed by atoms with Crippen molar-refractivity contribution in [2.45, 2.75) is 19.8 Å². The third-order valence-electron chi connectivity index (χ3n) is 1.82. The summed E-state index contributed by atoms with van der Waals surface area (Å²) in [5, 5.41) is 2.62. The van der Waals surface area contributed by atoms with Gasteiger partial charge in [-0.1, -0.05) is 6.92 Å². The molecule has 0 aromatic rings. The Morgan fingerprint density at radius 3 is 2.64 bits per heavy atom. The molecule has 5 heteroatoms. The molecular weight excluding hydrogens is 184 g/mol. The van der Waals surface area contributed by atoms with Crippen LogP contribution in [0.3, 0.4) is 0 Å². The van der Waals surface area contributed by atoms with Gasteiger partial charge in [0, 0.05) is 13.0 Å². The van der Waals surface area contributed by atoms with Gasteiger partial charge in [0.1, 0.15) is 0 Å². The summed E-state index contributed by atoms with van der Waals surface area (Å²) >= 11 is 0. The normalized spacial score (nSPS) is 11.9. The Morgan fingerprint density at radius 2 is 2.14 bits per heavy atom. The van der Waals surface area contributed by atoms with Gasteiger partial charge >= 0.3 is 5.97 Å². The quantitative estimate of drug-likeness (QED) is 0.577. The summed E-state index contributed by atoms with van der Waals surface area (Å²) in [7, 11) is 1.32. The summed E-state index contributed by atoms with van der Waals surface area (Å²) in [6.07, 6.45) is 0.608. The maximum atomic E-state index is 11.2. The van der Waals surface area contributed by atoms with Crippen molar-refractivity contribution in [1.82, 2.24) is 5.32 Å². The van der Waals surface area contributed by atoms with E-state index in [0.29, 0.717) is 19.5 Å². The van der Waals surface area contributed by atoms with E-state index >= 15 is 0 Å². The fourth-order valence-corrected chi connectivity index (χ4v) is 0.878. The number of rotatable bonds is 6. The standard InChI is InChI=1S/C9H18N2O3/c1-7(6-10)5-8(12)11-4-3-9(13)14-2/h7H,3-6,10H2,1-2H3,(H,11,12). The minimum atomic E-state index is -0.322. The first kappa shape index (κ1) is 12.9. The van der Waals surface area contributed by atoms with Crippen LogP contribution in [0.4, 0.5) is 0 Å². The number of esters is 1. The average Bonchev–Trinajstić information content (AvgIpc) is 2.17. The van der Waals surface area contributed by atoms with Crippen LogP contribution in [0.15, 0.2) is 0 Å². The molecule has 1 amide bonds. The highest BCUT2D eigenvalue weighted by Crippen LogP contribution is 1.97. The number of amides is 1. The first-order chi connectivity index (χ1) is 6.60. The molecule has 0 aliphatic heterocycles. The summed E-state index contributed by atoms with van der Waals surface area (Å²) in [4.78, 5) is 21.8. The van der Waals surface area contributed by atoms with E-state index in [2.05, 4.69) is 10.1 Å². The van der Waals surface area contributed by atoms with Crippen molar-refractivity contribution in [2.24, 2.45) is 11.7 Å². The van der Waals surface area contributed by atoms with Gasteiger partial charge in [-0.05, 0) is 12.5 Å². The Morgan fingerprint density at radius 1 is 1.50 bits per heavy atom. The van der Waals surface area contributed by atoms with Crippen LogP contribution in [0.25, 0.3) is 0 Å². The first-order valence-electron chi connectivity index (χ1n) is 4.63. The van der Waals surface area contributed by atoms with Crippen molar-refractivity contribution >= 4 is 11.9 Å². The molecule has 0 bridgehead atoms. The van der Waals surface area contributed by atoms with Gasteiger partial charge in [-0.15, -0.1) is 0 Å². The molecule has 0 aliphatic rings. The van der Waals surface area contributed by atoms with Crippen LogP contribution < -0.4 is 11.1 Å². The molecule has 0 saturated carbocycles. The van der Waals surface area contributed by atoms with Crippen molar-refractivity contribution < 1.29 is 14.3 Å². The number of hydrogen-bond acceptors (Lipinski definition) is 4. The predicted octanol–water partition coefficient (Wildman–Crippen LogP) is -0.349. The number of ether oxygens (including phenoxy) is 1. The van der Waals surface area contributed by atoms with Gasteiger partial charge in [0.05, 0.1) is 13.5 Å². The van der Waals surface area contributed by atoms with Crippen LogP contribution in [0.2, 0.25) is 0 Å². The molecule has 0 rings (SSSR count). The first-order valence-corrected chi connectivity index (χ1v) is 4.63. The lowest BCUT2D eigenvalue weighted by atomic mass is 10.1. The zero-order chi connectivity index (χ0) is 11.0. The van der Waals surface area contributed by atoms with Crippen molar-refractivity contribution in [2.75, 3.05) is 20.2 Å². The van der Waals surface area contributed by atoms with E-state index < -0.39 is 0 Å². The van der Waals surface area contributed by atoms with Crippen molar-refractivity contribution in [3.05, 3.63) is 0 Å². The third-order valence-corrected chi connectivity index (χ3v) is 1.82. The fourth-order valence-electron chi connectivity index (χ4n) is 0.878. The molecule has 5 nitrogen and oxygen atoms in total. The van der Waals surface area contributed by atoms with Gasteiger partial charge < -0.3 is 15.8 Å². The molecule has 14 heavy (non-hydrogen) atoms. The number of carbonyl (C=O) groups is 2. The molecule has 0 fully saturated rings. The van der Waals surface area contributed by atoms with Crippen LogP contribution in [-0.2, 0) is 14.3 Å². The molecule has 3 N–H and O–H groups in total. The largest absolute Gasteiger partial charge is 0.469 e. The topological polar surface area (TPSA) is 81.4 Å². The molecule has 0 heterocycles. The number of hydrogen-bond donors (Lipinski definition) is 2. The Kier molecular flexibility index (Phi) is 6.74. The number of carbonyl (C=O) groups excluding carboxylic acids is 2. The van der Waals surface area contributed by atoms with Gasteiger partial charge in [0.25, 0.3) is 0 Å². The summed E-state index contributed by atoms with van der Waals surface area (Å²) in [5.41, 5.74) is 5.36. The smallest absolute Gasteiger partial charge is 0.307 e. The van der Waals surface area contributed by atoms with Crippen LogP contribution >= 0.6 is 0 Å². The van der Waals surface area contributed by atoms with Crippen molar-refractivity contribution in [3.63, 3.8) is 0 Å². The second kappa shape index (κ2) is 7.32. The van der Waals surface area contributed by atoms with Crippen LogP contribution in [0, 0.1) is 5.92 Å². The number of nitrogens with two attached hydrogens (primary N) is 1. The highest BCUT2D eigenvalue weighted by atomic mass is 16.5. The third kappa shape index (κ3) is 6.42. The molecule has 0 spiro atoms. The van der Waals surface area contributed by atoms with E-state index in [-0.39, 0.29) is 24.2 Å². The fraction of sp³-hybridized carbons (Fsp3) is 0.778. The maximum absolute atomic E-state index is 11.2. The highest BCUT2D eigenvalue weighted by Gasteiger charge is 2.07. The molecule has 0 aromatic carbocycles. The Hall–Kier alpha value is -1.10.